The highest BCUT2D eigenvalue weighted by atomic mass is 19.1. The van der Waals surface area contributed by atoms with Gasteiger partial charge < -0.3 is 25.4 Å². The van der Waals surface area contributed by atoms with Crippen molar-refractivity contribution in [3.8, 4) is 0 Å². The first-order valence-corrected chi connectivity index (χ1v) is 11.9. The van der Waals surface area contributed by atoms with Crippen molar-refractivity contribution in [2.75, 3.05) is 43.0 Å². The zero-order chi connectivity index (χ0) is 25.3. The maximum absolute atomic E-state index is 13.6. The molecule has 9 heteroatoms. The lowest BCUT2D eigenvalue weighted by atomic mass is 10.2. The number of hydrogen-bond donors (Lipinski definition) is 3. The number of nitrogens with zero attached hydrogens (tertiary/aromatic N) is 4. The van der Waals surface area contributed by atoms with Crippen LogP contribution >= 0.6 is 0 Å². The largest absolute Gasteiger partial charge is 0.385 e. The number of piperazine rings is 1. The lowest BCUT2D eigenvalue weighted by Gasteiger charge is -2.33. The minimum Gasteiger partial charge on any atom is -0.385 e. The molecule has 0 saturated carbocycles. The number of likely N-dealkylation sites (N-methyl/N-ethyl adjacent to an activating group) is 1. The number of anilines is 2. The van der Waals surface area contributed by atoms with Crippen LogP contribution in [0.25, 0.3) is 0 Å². The van der Waals surface area contributed by atoms with E-state index in [0.29, 0.717) is 12.2 Å². The number of carbonyl (C=O) groups excluding carboxylic acids is 1. The zero-order valence-corrected chi connectivity index (χ0v) is 20.4. The molecule has 188 valence electrons. The SMILES string of the molecule is CN1CCN(c2ccc(CN(C(=O)/C(=C/NCc3ccccc3)NN)c3ccc(F)cc3)cn2)CC1. The van der Waals surface area contributed by atoms with Crippen LogP contribution in [0.2, 0.25) is 0 Å². The predicted molar refractivity (Wildman–Crippen MR) is 140 cm³/mol. The Bertz CT molecular complexity index is 1150. The molecule has 1 aliphatic rings. The Morgan fingerprint density at radius 3 is 2.39 bits per heavy atom. The van der Waals surface area contributed by atoms with E-state index in [2.05, 4.69) is 32.6 Å². The topological polar surface area (TPSA) is 89.8 Å². The Balaban J connectivity index is 1.51. The van der Waals surface area contributed by atoms with Crippen molar-refractivity contribution in [2.45, 2.75) is 13.1 Å². The van der Waals surface area contributed by atoms with Crippen LogP contribution in [-0.4, -0.2) is 49.0 Å². The smallest absolute Gasteiger partial charge is 0.277 e. The van der Waals surface area contributed by atoms with Gasteiger partial charge in [0.05, 0.1) is 6.54 Å². The first-order chi connectivity index (χ1) is 17.5. The third-order valence-corrected chi connectivity index (χ3v) is 6.14. The highest BCUT2D eigenvalue weighted by Crippen LogP contribution is 2.21. The highest BCUT2D eigenvalue weighted by molar-refractivity contribution is 6.04. The van der Waals surface area contributed by atoms with Gasteiger partial charge in [0.15, 0.2) is 0 Å². The van der Waals surface area contributed by atoms with Crippen LogP contribution in [0.1, 0.15) is 11.1 Å². The van der Waals surface area contributed by atoms with Gasteiger partial charge in [0.2, 0.25) is 0 Å². The standard InChI is InChI=1S/C27H32FN7O/c1-33-13-15-34(16-14-33)26-12-7-22(18-31-26)20-35(24-10-8-23(28)9-11-24)27(36)25(32-29)19-30-17-21-5-3-2-4-6-21/h2-12,18-19,30,32H,13-17,20,29H2,1H3/b25-19-. The molecule has 36 heavy (non-hydrogen) atoms. The van der Waals surface area contributed by atoms with Crippen molar-refractivity contribution in [3.05, 3.63) is 102 Å². The Hall–Kier alpha value is -3.95. The van der Waals surface area contributed by atoms with E-state index < -0.39 is 0 Å². The summed E-state index contributed by atoms with van der Waals surface area (Å²) in [7, 11) is 2.12. The molecule has 1 fully saturated rings. The number of halogens is 1. The molecule has 8 nitrogen and oxygen atoms in total. The van der Waals surface area contributed by atoms with Gasteiger partial charge in [0.25, 0.3) is 5.91 Å². The lowest BCUT2D eigenvalue weighted by Crippen LogP contribution is -2.44. The number of benzene rings is 2. The molecule has 2 aromatic carbocycles. The maximum atomic E-state index is 13.6. The van der Waals surface area contributed by atoms with E-state index in [9.17, 15) is 9.18 Å². The van der Waals surface area contributed by atoms with Crippen molar-refractivity contribution in [2.24, 2.45) is 5.84 Å². The van der Waals surface area contributed by atoms with E-state index in [4.69, 9.17) is 5.84 Å². The Morgan fingerprint density at radius 1 is 1.03 bits per heavy atom. The second-order valence-corrected chi connectivity index (χ2v) is 8.75. The fraction of sp³-hybridized carbons (Fsp3) is 0.259. The normalized spacial score (nSPS) is 14.4. The molecule has 0 aliphatic carbocycles. The summed E-state index contributed by atoms with van der Waals surface area (Å²) < 4.78 is 13.6. The summed E-state index contributed by atoms with van der Waals surface area (Å²) in [6.07, 6.45) is 3.34. The molecular formula is C27H32FN7O. The van der Waals surface area contributed by atoms with Gasteiger partial charge in [-0.3, -0.25) is 10.6 Å². The monoisotopic (exact) mass is 489 g/mol. The molecular weight excluding hydrogens is 457 g/mol. The molecule has 4 rings (SSSR count). The zero-order valence-electron chi connectivity index (χ0n) is 20.4. The Labute approximate surface area is 211 Å². The third kappa shape index (κ3) is 6.59. The fourth-order valence-corrected chi connectivity index (χ4v) is 3.99. The average Bonchev–Trinajstić information content (AvgIpc) is 2.91. The molecule has 0 unspecified atom stereocenters. The molecule has 0 atom stereocenters. The van der Waals surface area contributed by atoms with Crippen LogP contribution in [0.3, 0.4) is 0 Å². The Morgan fingerprint density at radius 2 is 1.75 bits per heavy atom. The van der Waals surface area contributed by atoms with Crippen LogP contribution in [-0.2, 0) is 17.9 Å². The summed E-state index contributed by atoms with van der Waals surface area (Å²) in [5.41, 5.74) is 5.14. The van der Waals surface area contributed by atoms with Gasteiger partial charge in [-0.15, -0.1) is 0 Å². The molecule has 0 radical (unpaired) electrons. The molecule has 1 aliphatic heterocycles. The number of carbonyl (C=O) groups is 1. The van der Waals surface area contributed by atoms with Gasteiger partial charge in [0, 0.05) is 50.8 Å². The van der Waals surface area contributed by atoms with E-state index in [1.54, 1.807) is 29.4 Å². The molecule has 1 saturated heterocycles. The van der Waals surface area contributed by atoms with Gasteiger partial charge in [-0.1, -0.05) is 36.4 Å². The summed E-state index contributed by atoms with van der Waals surface area (Å²) in [5, 5.41) is 3.13. The first kappa shape index (κ1) is 25.2. The van der Waals surface area contributed by atoms with E-state index in [1.807, 2.05) is 42.5 Å². The fourth-order valence-electron chi connectivity index (χ4n) is 3.99. The van der Waals surface area contributed by atoms with E-state index >= 15 is 0 Å². The summed E-state index contributed by atoms with van der Waals surface area (Å²) in [5.74, 6) is 5.90. The molecule has 1 amide bonds. The van der Waals surface area contributed by atoms with Gasteiger partial charge in [-0.25, -0.2) is 9.37 Å². The molecule has 4 N–H and O–H groups in total. The van der Waals surface area contributed by atoms with Crippen LogP contribution in [0, 0.1) is 5.82 Å². The highest BCUT2D eigenvalue weighted by Gasteiger charge is 2.21. The van der Waals surface area contributed by atoms with Crippen LogP contribution in [0.15, 0.2) is 84.8 Å². The van der Waals surface area contributed by atoms with Crippen molar-refractivity contribution < 1.29 is 9.18 Å². The number of hydrazine groups is 1. The summed E-state index contributed by atoms with van der Waals surface area (Å²) in [4.78, 5) is 24.2. The Kier molecular flexibility index (Phi) is 8.48. The third-order valence-electron chi connectivity index (χ3n) is 6.14. The molecule has 1 aromatic heterocycles. The van der Waals surface area contributed by atoms with Gasteiger partial charge in [-0.2, -0.15) is 0 Å². The lowest BCUT2D eigenvalue weighted by molar-refractivity contribution is -0.115. The van der Waals surface area contributed by atoms with Crippen LogP contribution in [0.4, 0.5) is 15.9 Å². The second-order valence-electron chi connectivity index (χ2n) is 8.75. The minimum atomic E-state index is -0.374. The van der Waals surface area contributed by atoms with Crippen molar-refractivity contribution in [1.29, 1.82) is 0 Å². The first-order valence-electron chi connectivity index (χ1n) is 11.9. The number of pyridine rings is 1. The number of aromatic nitrogens is 1. The molecule has 0 bridgehead atoms. The quantitative estimate of drug-likeness (QED) is 0.242. The van der Waals surface area contributed by atoms with Crippen LogP contribution < -0.4 is 26.4 Å². The van der Waals surface area contributed by atoms with Crippen molar-refractivity contribution in [1.82, 2.24) is 20.6 Å². The van der Waals surface area contributed by atoms with Crippen molar-refractivity contribution in [3.63, 3.8) is 0 Å². The van der Waals surface area contributed by atoms with Gasteiger partial charge in [0.1, 0.15) is 17.3 Å². The summed E-state index contributed by atoms with van der Waals surface area (Å²) in [6, 6.07) is 19.6. The van der Waals surface area contributed by atoms with Gasteiger partial charge >= 0.3 is 0 Å². The summed E-state index contributed by atoms with van der Waals surface area (Å²) >= 11 is 0. The van der Waals surface area contributed by atoms with E-state index in [1.165, 1.54) is 12.1 Å². The molecule has 3 aromatic rings. The number of amides is 1. The van der Waals surface area contributed by atoms with Crippen molar-refractivity contribution >= 4 is 17.4 Å². The molecule has 0 spiro atoms. The maximum Gasteiger partial charge on any atom is 0.277 e. The second kappa shape index (κ2) is 12.1. The number of hydrogen-bond acceptors (Lipinski definition) is 7. The number of nitrogens with one attached hydrogen (secondary N) is 2. The van der Waals surface area contributed by atoms with E-state index in [0.717, 1.165) is 43.1 Å². The minimum absolute atomic E-state index is 0.178. The van der Waals surface area contributed by atoms with Crippen LogP contribution in [0.5, 0.6) is 0 Å². The predicted octanol–water partition coefficient (Wildman–Crippen LogP) is 2.60. The molecule has 2 heterocycles. The van der Waals surface area contributed by atoms with Gasteiger partial charge in [-0.05, 0) is 48.5 Å². The average molecular weight is 490 g/mol. The number of rotatable bonds is 9. The van der Waals surface area contributed by atoms with E-state index in [-0.39, 0.29) is 24.0 Å². The number of nitrogens with two attached hydrogens (primary N) is 1. The summed E-state index contributed by atoms with van der Waals surface area (Å²) in [6.45, 7) is 4.63.